The van der Waals surface area contributed by atoms with Crippen LogP contribution < -0.4 is 0 Å². The lowest BCUT2D eigenvalue weighted by molar-refractivity contribution is -0.171. The van der Waals surface area contributed by atoms with Gasteiger partial charge in [-0.3, -0.25) is 0 Å². The molecule has 0 aromatic heterocycles. The van der Waals surface area contributed by atoms with Crippen LogP contribution in [0.3, 0.4) is 0 Å². The number of carbonyl (C=O) groups excluding carboxylic acids is 1. The van der Waals surface area contributed by atoms with Gasteiger partial charge in [-0.2, -0.15) is 0 Å². The molecule has 5 rings (SSSR count). The average molecular weight is 533 g/mol. The van der Waals surface area contributed by atoms with Gasteiger partial charge >= 0.3 is 6.16 Å². The van der Waals surface area contributed by atoms with Gasteiger partial charge in [-0.05, 0) is 69.3 Å². The maximum Gasteiger partial charge on any atom is 0.509 e. The maximum absolute atomic E-state index is 13.1. The molecule has 2 heterocycles. The summed E-state index contributed by atoms with van der Waals surface area (Å²) in [6.45, 7) is 24.3. The second-order valence-corrected chi connectivity index (χ2v) is 18.3. The molecular weight excluding hydrogens is 484 g/mol. The third kappa shape index (κ3) is 3.70. The highest BCUT2D eigenvalue weighted by Gasteiger charge is 2.74. The molecule has 4 fully saturated rings. The predicted molar refractivity (Wildman–Crippen MR) is 146 cm³/mol. The number of hydrogen-bond donors (Lipinski definition) is 0. The Hall–Kier alpha value is -1.15. The quantitative estimate of drug-likeness (QED) is 0.210. The van der Waals surface area contributed by atoms with Gasteiger partial charge in [-0.25, -0.2) is 4.79 Å². The van der Waals surface area contributed by atoms with Gasteiger partial charge < -0.3 is 23.4 Å². The first-order chi connectivity index (χ1) is 17.2. The van der Waals surface area contributed by atoms with Crippen molar-refractivity contribution < 1.29 is 28.2 Å². The summed E-state index contributed by atoms with van der Waals surface area (Å²) in [5.74, 6) is -0.805. The summed E-state index contributed by atoms with van der Waals surface area (Å²) in [6, 6.07) is 3.18. The highest BCUT2D eigenvalue weighted by Crippen LogP contribution is 2.66. The molecule has 6 nitrogen and oxygen atoms in total. The lowest BCUT2D eigenvalue weighted by Gasteiger charge is -2.60. The molecule has 2 saturated heterocycles. The largest absolute Gasteiger partial charge is 0.509 e. The Morgan fingerprint density at radius 1 is 1.03 bits per heavy atom. The number of hydrogen-bond acceptors (Lipinski definition) is 6. The standard InChI is InChI=1S/C30H48O6Si/c1-11-37(12-2,13-3)36-20-17-30-24(32-26(31)35-30)21-18(4)15-14-16-29(21,10)25-23(33-28(8,9)34-25)22(19(20)5)27(30,6)7/h20-21,23-25H,4,11-17H2,1-3,5-10H3/t20-,21-,23+,24-,25-,29+,30+/m0/s1. The molecule has 0 aromatic carbocycles. The van der Waals surface area contributed by atoms with Gasteiger partial charge in [0.25, 0.3) is 0 Å². The third-order valence-corrected chi connectivity index (χ3v) is 15.7. The van der Waals surface area contributed by atoms with Crippen molar-refractivity contribution in [2.75, 3.05) is 0 Å². The normalized spacial score (nSPS) is 42.2. The molecule has 2 bridgehead atoms. The predicted octanol–water partition coefficient (Wildman–Crippen LogP) is 7.29. The number of carbonyl (C=O) groups is 1. The van der Waals surface area contributed by atoms with Gasteiger partial charge in [-0.15, -0.1) is 0 Å². The smallest absolute Gasteiger partial charge is 0.426 e. The van der Waals surface area contributed by atoms with Crippen LogP contribution in [0, 0.1) is 16.7 Å². The van der Waals surface area contributed by atoms with E-state index in [0.29, 0.717) is 6.42 Å². The molecule has 2 saturated carbocycles. The van der Waals surface area contributed by atoms with Crippen molar-refractivity contribution in [2.45, 2.75) is 142 Å². The zero-order valence-corrected chi connectivity index (χ0v) is 25.5. The zero-order valence-electron chi connectivity index (χ0n) is 24.5. The van der Waals surface area contributed by atoms with Crippen LogP contribution in [0.1, 0.15) is 88.0 Å². The highest BCUT2D eigenvalue weighted by atomic mass is 28.4. The van der Waals surface area contributed by atoms with Crippen LogP contribution in [0.4, 0.5) is 4.79 Å². The Balaban J connectivity index is 1.78. The van der Waals surface area contributed by atoms with E-state index in [1.54, 1.807) is 0 Å². The summed E-state index contributed by atoms with van der Waals surface area (Å²) in [4.78, 5) is 13.1. The Labute approximate surface area is 224 Å². The summed E-state index contributed by atoms with van der Waals surface area (Å²) >= 11 is 0. The molecule has 37 heavy (non-hydrogen) atoms. The number of fused-ring (bicyclic) bond motifs is 6. The Kier molecular flexibility index (Phi) is 6.43. The fourth-order valence-corrected chi connectivity index (χ4v) is 11.7. The van der Waals surface area contributed by atoms with Crippen molar-refractivity contribution in [1.82, 2.24) is 0 Å². The van der Waals surface area contributed by atoms with Gasteiger partial charge in [0, 0.05) is 23.2 Å². The first-order valence-electron chi connectivity index (χ1n) is 14.5. The van der Waals surface area contributed by atoms with Gasteiger partial charge in [0.1, 0.15) is 6.10 Å². The molecular formula is C30H48O6Si. The summed E-state index contributed by atoms with van der Waals surface area (Å²) in [7, 11) is -1.96. The van der Waals surface area contributed by atoms with Gasteiger partial charge in [-0.1, -0.05) is 53.7 Å². The minimum atomic E-state index is -1.96. The lowest BCUT2D eigenvalue weighted by atomic mass is 9.48. The second kappa shape index (κ2) is 8.67. The fourth-order valence-electron chi connectivity index (χ4n) is 8.80. The van der Waals surface area contributed by atoms with Crippen LogP contribution >= 0.6 is 0 Å². The van der Waals surface area contributed by atoms with E-state index < -0.39 is 37.4 Å². The number of ether oxygens (including phenoxy) is 4. The molecule has 0 unspecified atom stereocenters. The van der Waals surface area contributed by atoms with E-state index in [4.69, 9.17) is 23.4 Å². The van der Waals surface area contributed by atoms with E-state index in [9.17, 15) is 4.79 Å². The first kappa shape index (κ1) is 27.4. The van der Waals surface area contributed by atoms with E-state index in [1.807, 2.05) is 13.8 Å². The van der Waals surface area contributed by atoms with Crippen molar-refractivity contribution in [1.29, 1.82) is 0 Å². The molecule has 3 aliphatic carbocycles. The van der Waals surface area contributed by atoms with E-state index in [1.165, 1.54) is 11.1 Å². The van der Waals surface area contributed by atoms with Crippen molar-refractivity contribution in [3.63, 3.8) is 0 Å². The van der Waals surface area contributed by atoms with E-state index in [0.717, 1.165) is 43.0 Å². The van der Waals surface area contributed by atoms with Gasteiger partial charge in [0.2, 0.25) is 0 Å². The molecule has 7 atom stereocenters. The van der Waals surface area contributed by atoms with Crippen molar-refractivity contribution >= 4 is 14.5 Å². The maximum atomic E-state index is 13.1. The lowest BCUT2D eigenvalue weighted by Crippen LogP contribution is -2.68. The second-order valence-electron chi connectivity index (χ2n) is 13.5. The SMILES string of the molecule is C=C1CCC[C@@]2(C)[C@H]3OC(C)(C)O[C@@H]3C3=C(C)[C@@H](O[Si](CC)(CC)CC)C[C@]4(OC(=O)O[C@H]4[C@H]12)C3(C)C. The minimum Gasteiger partial charge on any atom is -0.426 e. The topological polar surface area (TPSA) is 63.2 Å². The molecule has 5 aliphatic rings. The summed E-state index contributed by atoms with van der Waals surface area (Å²) in [5, 5.41) is 0. The average Bonchev–Trinajstić information content (AvgIpc) is 3.32. The van der Waals surface area contributed by atoms with Crippen molar-refractivity contribution in [3.05, 3.63) is 23.3 Å². The van der Waals surface area contributed by atoms with E-state index >= 15 is 0 Å². The summed E-state index contributed by atoms with van der Waals surface area (Å²) in [6.07, 6.45) is 1.91. The molecule has 2 aliphatic heterocycles. The van der Waals surface area contributed by atoms with Crippen LogP contribution in [0.15, 0.2) is 23.3 Å². The molecule has 0 aromatic rings. The van der Waals surface area contributed by atoms with Crippen molar-refractivity contribution in [3.8, 4) is 0 Å². The molecule has 0 radical (unpaired) electrons. The first-order valence-corrected chi connectivity index (χ1v) is 17.1. The van der Waals surface area contributed by atoms with Crippen LogP contribution in [0.5, 0.6) is 0 Å². The molecule has 1 spiro atoms. The monoisotopic (exact) mass is 532 g/mol. The van der Waals surface area contributed by atoms with Crippen LogP contribution in [-0.4, -0.2) is 50.3 Å². The van der Waals surface area contributed by atoms with Crippen LogP contribution in [0.2, 0.25) is 18.1 Å². The number of rotatable bonds is 5. The van der Waals surface area contributed by atoms with Crippen molar-refractivity contribution in [2.24, 2.45) is 16.7 Å². The Morgan fingerprint density at radius 3 is 2.30 bits per heavy atom. The van der Waals surface area contributed by atoms with Crippen LogP contribution in [-0.2, 0) is 23.4 Å². The van der Waals surface area contributed by atoms with E-state index in [-0.39, 0.29) is 29.6 Å². The summed E-state index contributed by atoms with van der Waals surface area (Å²) in [5.41, 5.74) is 1.82. The molecule has 7 heteroatoms. The van der Waals surface area contributed by atoms with Gasteiger partial charge in [0.05, 0.1) is 12.2 Å². The molecule has 208 valence electrons. The summed E-state index contributed by atoms with van der Waals surface area (Å²) < 4.78 is 33.5. The zero-order chi connectivity index (χ0) is 27.2. The van der Waals surface area contributed by atoms with E-state index in [2.05, 4.69) is 55.0 Å². The van der Waals surface area contributed by atoms with Gasteiger partial charge in [0.15, 0.2) is 25.8 Å². The highest BCUT2D eigenvalue weighted by molar-refractivity contribution is 6.73. The Bertz CT molecular complexity index is 1000. The fraction of sp³-hybridized carbons (Fsp3) is 0.833. The molecule has 0 N–H and O–H groups in total. The third-order valence-electron chi connectivity index (χ3n) is 11.1. The molecule has 0 amide bonds. The minimum absolute atomic E-state index is 0.0805. The van der Waals surface area contributed by atoms with Crippen LogP contribution in [0.25, 0.3) is 0 Å². The Morgan fingerprint density at radius 2 is 1.68 bits per heavy atom.